The van der Waals surface area contributed by atoms with Gasteiger partial charge in [-0.25, -0.2) is 0 Å². The van der Waals surface area contributed by atoms with Crippen LogP contribution in [0.25, 0.3) is 0 Å². The van der Waals surface area contributed by atoms with Crippen LogP contribution in [0.4, 0.5) is 0 Å². The van der Waals surface area contributed by atoms with Crippen molar-refractivity contribution in [1.29, 1.82) is 0 Å². The van der Waals surface area contributed by atoms with E-state index in [1.807, 2.05) is 18.2 Å². The Morgan fingerprint density at radius 3 is 2.47 bits per heavy atom. The van der Waals surface area contributed by atoms with Gasteiger partial charge in [0.2, 0.25) is 0 Å². The maximum atomic E-state index is 5.87. The van der Waals surface area contributed by atoms with Crippen molar-refractivity contribution < 1.29 is 9.16 Å². The Morgan fingerprint density at radius 1 is 1.27 bits per heavy atom. The Bertz CT molecular complexity index is 334. The molecule has 84 valence electrons. The summed E-state index contributed by atoms with van der Waals surface area (Å²) in [6, 6.07) is 5.61. The van der Waals surface area contributed by atoms with Crippen LogP contribution in [0, 0.1) is 0 Å². The second-order valence-corrected chi connectivity index (χ2v) is 9.31. The summed E-state index contributed by atoms with van der Waals surface area (Å²) in [6.45, 7) is 7.08. The molecule has 0 fully saturated rings. The SMILES string of the molecule is COc1cc(Cl)ccc1CO[Si](C)(C)C. The zero-order chi connectivity index (χ0) is 11.5. The predicted octanol–water partition coefficient (Wildman–Crippen LogP) is 3.70. The Labute approximate surface area is 97.3 Å². The maximum Gasteiger partial charge on any atom is 0.184 e. The maximum absolute atomic E-state index is 5.87. The molecule has 0 spiro atoms. The van der Waals surface area contributed by atoms with E-state index < -0.39 is 8.32 Å². The smallest absolute Gasteiger partial charge is 0.184 e. The average Bonchev–Trinajstić information content (AvgIpc) is 2.14. The summed E-state index contributed by atoms with van der Waals surface area (Å²) in [5.41, 5.74) is 1.05. The lowest BCUT2D eigenvalue weighted by molar-refractivity contribution is 0.290. The minimum Gasteiger partial charge on any atom is -0.496 e. The fourth-order valence-electron chi connectivity index (χ4n) is 1.13. The van der Waals surface area contributed by atoms with E-state index in [-0.39, 0.29) is 0 Å². The van der Waals surface area contributed by atoms with Crippen molar-refractivity contribution >= 4 is 19.9 Å². The first-order valence-electron chi connectivity index (χ1n) is 4.89. The number of halogens is 1. The molecule has 4 heteroatoms. The third-order valence-corrected chi connectivity index (χ3v) is 3.16. The van der Waals surface area contributed by atoms with E-state index in [0.29, 0.717) is 11.6 Å². The van der Waals surface area contributed by atoms with Crippen molar-refractivity contribution in [3.05, 3.63) is 28.8 Å². The molecule has 0 N–H and O–H groups in total. The lowest BCUT2D eigenvalue weighted by Crippen LogP contribution is -2.24. The van der Waals surface area contributed by atoms with Gasteiger partial charge < -0.3 is 9.16 Å². The Balaban J connectivity index is 2.76. The highest BCUT2D eigenvalue weighted by atomic mass is 35.5. The zero-order valence-corrected chi connectivity index (χ0v) is 11.4. The van der Waals surface area contributed by atoms with Gasteiger partial charge in [0.25, 0.3) is 0 Å². The van der Waals surface area contributed by atoms with E-state index in [0.717, 1.165) is 11.3 Å². The van der Waals surface area contributed by atoms with E-state index >= 15 is 0 Å². The van der Waals surface area contributed by atoms with Crippen molar-refractivity contribution in [3.8, 4) is 5.75 Å². The number of ether oxygens (including phenoxy) is 1. The van der Waals surface area contributed by atoms with Crippen LogP contribution in [0.1, 0.15) is 5.56 Å². The molecule has 0 unspecified atom stereocenters. The number of rotatable bonds is 4. The zero-order valence-electron chi connectivity index (χ0n) is 9.63. The van der Waals surface area contributed by atoms with E-state index in [1.165, 1.54) is 0 Å². The average molecular weight is 245 g/mol. The molecule has 0 aliphatic carbocycles. The van der Waals surface area contributed by atoms with Crippen molar-refractivity contribution in [2.24, 2.45) is 0 Å². The summed E-state index contributed by atoms with van der Waals surface area (Å²) in [7, 11) is 0.165. The van der Waals surface area contributed by atoms with Crippen LogP contribution in [-0.2, 0) is 11.0 Å². The lowest BCUT2D eigenvalue weighted by atomic mass is 10.2. The minimum absolute atomic E-state index is 0.593. The summed E-state index contributed by atoms with van der Waals surface area (Å²) in [5, 5.41) is 0.684. The molecule has 0 atom stereocenters. The second-order valence-electron chi connectivity index (χ2n) is 4.36. The molecule has 0 bridgehead atoms. The molecule has 1 aromatic carbocycles. The topological polar surface area (TPSA) is 18.5 Å². The Kier molecular flexibility index (Phi) is 4.19. The van der Waals surface area contributed by atoms with Crippen molar-refractivity contribution in [3.63, 3.8) is 0 Å². The first-order valence-corrected chi connectivity index (χ1v) is 8.67. The van der Waals surface area contributed by atoms with Gasteiger partial charge in [0.1, 0.15) is 5.75 Å². The van der Waals surface area contributed by atoms with E-state index in [4.69, 9.17) is 20.8 Å². The lowest BCUT2D eigenvalue weighted by Gasteiger charge is -2.18. The van der Waals surface area contributed by atoms with Crippen LogP contribution in [0.15, 0.2) is 18.2 Å². The predicted molar refractivity (Wildman–Crippen MR) is 66.1 cm³/mol. The molecule has 15 heavy (non-hydrogen) atoms. The molecule has 0 saturated carbocycles. The van der Waals surface area contributed by atoms with Crippen LogP contribution in [0.5, 0.6) is 5.75 Å². The molecule has 0 aliphatic heterocycles. The molecule has 0 aliphatic rings. The molecule has 1 rings (SSSR count). The summed E-state index contributed by atoms with van der Waals surface area (Å²) in [4.78, 5) is 0. The van der Waals surface area contributed by atoms with Gasteiger partial charge in [0.05, 0.1) is 13.7 Å². The molecule has 0 heterocycles. The molecule has 0 aromatic heterocycles. The molecule has 2 nitrogen and oxygen atoms in total. The largest absolute Gasteiger partial charge is 0.496 e. The second kappa shape index (κ2) is 5.01. The summed E-state index contributed by atoms with van der Waals surface area (Å²) < 4.78 is 11.1. The number of benzene rings is 1. The van der Waals surface area contributed by atoms with E-state index in [1.54, 1.807) is 7.11 Å². The van der Waals surface area contributed by atoms with Crippen LogP contribution in [0.3, 0.4) is 0 Å². The van der Waals surface area contributed by atoms with Crippen molar-refractivity contribution in [2.45, 2.75) is 26.2 Å². The van der Waals surface area contributed by atoms with E-state index in [9.17, 15) is 0 Å². The normalized spacial score (nSPS) is 11.5. The van der Waals surface area contributed by atoms with Gasteiger partial charge in [-0.2, -0.15) is 0 Å². The van der Waals surface area contributed by atoms with E-state index in [2.05, 4.69) is 19.6 Å². The molecule has 0 saturated heterocycles. The van der Waals surface area contributed by atoms with Crippen molar-refractivity contribution in [1.82, 2.24) is 0 Å². The van der Waals surface area contributed by atoms with Gasteiger partial charge in [0.15, 0.2) is 8.32 Å². The first-order chi connectivity index (χ1) is 6.92. The number of hydrogen-bond donors (Lipinski definition) is 0. The third-order valence-electron chi connectivity index (χ3n) is 1.91. The fourth-order valence-corrected chi connectivity index (χ4v) is 1.88. The highest BCUT2D eigenvalue weighted by molar-refractivity contribution is 6.69. The van der Waals surface area contributed by atoms with Gasteiger partial charge in [0, 0.05) is 10.6 Å². The molecular formula is C11H17ClO2Si. The van der Waals surface area contributed by atoms with Gasteiger partial charge >= 0.3 is 0 Å². The van der Waals surface area contributed by atoms with Crippen LogP contribution >= 0.6 is 11.6 Å². The quantitative estimate of drug-likeness (QED) is 0.752. The van der Waals surface area contributed by atoms with Gasteiger partial charge in [-0.15, -0.1) is 0 Å². The first kappa shape index (κ1) is 12.6. The molecule has 0 radical (unpaired) electrons. The highest BCUT2D eigenvalue weighted by Crippen LogP contribution is 2.24. The highest BCUT2D eigenvalue weighted by Gasteiger charge is 2.15. The van der Waals surface area contributed by atoms with Gasteiger partial charge in [-0.3, -0.25) is 0 Å². The fraction of sp³-hybridized carbons (Fsp3) is 0.455. The number of methoxy groups -OCH3 is 1. The summed E-state index contributed by atoms with van der Waals surface area (Å²) >= 11 is 5.87. The molecular weight excluding hydrogens is 228 g/mol. The Morgan fingerprint density at radius 2 is 1.93 bits per heavy atom. The minimum atomic E-state index is -1.48. The molecule has 1 aromatic rings. The molecule has 0 amide bonds. The summed E-state index contributed by atoms with van der Waals surface area (Å²) in [6.07, 6.45) is 0. The Hall–Kier alpha value is -0.513. The third kappa shape index (κ3) is 4.24. The standard InChI is InChI=1S/C11H17ClO2Si/c1-13-11-7-10(12)6-5-9(11)8-14-15(2,3)4/h5-7H,8H2,1-4H3. The van der Waals surface area contributed by atoms with Crippen LogP contribution in [-0.4, -0.2) is 15.4 Å². The monoisotopic (exact) mass is 244 g/mol. The van der Waals surface area contributed by atoms with Crippen LogP contribution < -0.4 is 4.74 Å². The van der Waals surface area contributed by atoms with Crippen molar-refractivity contribution in [2.75, 3.05) is 7.11 Å². The van der Waals surface area contributed by atoms with Gasteiger partial charge in [-0.05, 0) is 31.8 Å². The van der Waals surface area contributed by atoms with Gasteiger partial charge in [-0.1, -0.05) is 17.7 Å². The van der Waals surface area contributed by atoms with Crippen LogP contribution in [0.2, 0.25) is 24.7 Å². The summed E-state index contributed by atoms with van der Waals surface area (Å²) in [5.74, 6) is 0.792. The number of hydrogen-bond acceptors (Lipinski definition) is 2.